The predicted molar refractivity (Wildman–Crippen MR) is 90.3 cm³/mol. The maximum absolute atomic E-state index is 5.50. The Hall–Kier alpha value is -1.98. The topological polar surface area (TPSA) is 43.4 Å². The van der Waals surface area contributed by atoms with E-state index in [4.69, 9.17) is 4.52 Å². The van der Waals surface area contributed by atoms with Gasteiger partial charge in [0.2, 0.25) is 5.82 Å². The first kappa shape index (κ1) is 14.6. The Balaban J connectivity index is 1.50. The molecule has 5 heteroatoms. The molecule has 1 aliphatic heterocycles. The highest BCUT2D eigenvalue weighted by Crippen LogP contribution is 2.24. The largest absolute Gasteiger partial charge is 0.333 e. The molecule has 1 aliphatic rings. The molecule has 2 aromatic heterocycles. The predicted octanol–water partition coefficient (Wildman–Crippen LogP) is 3.03. The minimum atomic E-state index is 0.574. The number of likely N-dealkylation sites (tertiary alicyclic amines) is 1. The van der Waals surface area contributed by atoms with E-state index in [0.29, 0.717) is 11.9 Å². The molecule has 3 heterocycles. The number of hydrogen-bond donors (Lipinski definition) is 1. The van der Waals surface area contributed by atoms with Crippen molar-refractivity contribution < 1.29 is 9.42 Å². The molecule has 0 saturated carbocycles. The van der Waals surface area contributed by atoms with E-state index >= 15 is 0 Å². The van der Waals surface area contributed by atoms with Crippen LogP contribution in [0.1, 0.15) is 35.2 Å². The summed E-state index contributed by atoms with van der Waals surface area (Å²) in [7, 11) is 0. The molecule has 0 radical (unpaired) electrons. The molecule has 3 aromatic rings. The Morgan fingerprint density at radius 2 is 2.13 bits per heavy atom. The molecule has 4 rings (SSSR count). The fourth-order valence-electron chi connectivity index (χ4n) is 3.30. The lowest BCUT2D eigenvalue weighted by molar-refractivity contribution is -0.932. The van der Waals surface area contributed by atoms with E-state index in [-0.39, 0.29) is 0 Å². The average Bonchev–Trinajstić information content (AvgIpc) is 3.29. The van der Waals surface area contributed by atoms with Crippen LogP contribution in [-0.2, 0) is 6.54 Å². The minimum Gasteiger partial charge on any atom is -0.333 e. The van der Waals surface area contributed by atoms with Gasteiger partial charge in [-0.15, -0.1) is 11.3 Å². The van der Waals surface area contributed by atoms with Gasteiger partial charge in [0, 0.05) is 18.4 Å². The van der Waals surface area contributed by atoms with E-state index in [1.54, 1.807) is 0 Å². The number of aromatic nitrogens is 2. The summed E-state index contributed by atoms with van der Waals surface area (Å²) in [6.07, 6.45) is 2.51. The number of benzene rings is 1. The van der Waals surface area contributed by atoms with Gasteiger partial charge in [-0.2, -0.15) is 4.98 Å². The van der Waals surface area contributed by atoms with Crippen molar-refractivity contribution in [3.8, 4) is 11.4 Å². The Morgan fingerprint density at radius 1 is 1.26 bits per heavy atom. The van der Waals surface area contributed by atoms with Crippen molar-refractivity contribution in [3.05, 3.63) is 58.1 Å². The fraction of sp³-hybridized carbons (Fsp3) is 0.333. The molecule has 1 saturated heterocycles. The van der Waals surface area contributed by atoms with Crippen LogP contribution in [0.15, 0.2) is 46.3 Å². The molecule has 1 N–H and O–H groups in total. The van der Waals surface area contributed by atoms with Gasteiger partial charge in [0.15, 0.2) is 6.54 Å². The summed E-state index contributed by atoms with van der Waals surface area (Å²) in [5.41, 5.74) is 2.24. The highest BCUT2D eigenvalue weighted by atomic mass is 32.1. The van der Waals surface area contributed by atoms with Crippen LogP contribution >= 0.6 is 11.3 Å². The van der Waals surface area contributed by atoms with Crippen molar-refractivity contribution in [3.63, 3.8) is 0 Å². The number of rotatable bonds is 4. The molecule has 0 bridgehead atoms. The Labute approximate surface area is 139 Å². The van der Waals surface area contributed by atoms with E-state index in [2.05, 4.69) is 46.7 Å². The zero-order valence-electron chi connectivity index (χ0n) is 13.2. The summed E-state index contributed by atoms with van der Waals surface area (Å²) in [5.74, 6) is 1.42. The maximum atomic E-state index is 5.50. The monoisotopic (exact) mass is 326 g/mol. The molecule has 0 spiro atoms. The van der Waals surface area contributed by atoms with E-state index in [1.165, 1.54) is 34.7 Å². The van der Waals surface area contributed by atoms with Gasteiger partial charge in [-0.05, 0) is 18.4 Å². The fourth-order valence-corrected chi connectivity index (χ4v) is 4.22. The number of hydrogen-bond acceptors (Lipinski definition) is 4. The third kappa shape index (κ3) is 3.07. The van der Waals surface area contributed by atoms with Crippen LogP contribution in [0, 0.1) is 6.92 Å². The summed E-state index contributed by atoms with van der Waals surface area (Å²) in [5, 5.41) is 6.31. The first-order valence-electron chi connectivity index (χ1n) is 8.07. The smallest absolute Gasteiger partial charge is 0.282 e. The van der Waals surface area contributed by atoms with Crippen molar-refractivity contribution in [2.75, 3.05) is 6.54 Å². The van der Waals surface area contributed by atoms with Crippen LogP contribution in [0.25, 0.3) is 11.4 Å². The van der Waals surface area contributed by atoms with Crippen molar-refractivity contribution in [2.24, 2.45) is 0 Å². The molecule has 23 heavy (non-hydrogen) atoms. The Kier molecular flexibility index (Phi) is 3.97. The van der Waals surface area contributed by atoms with Gasteiger partial charge < -0.3 is 9.42 Å². The Bertz CT molecular complexity index is 764. The molecular weight excluding hydrogens is 306 g/mol. The van der Waals surface area contributed by atoms with E-state index in [0.717, 1.165) is 18.0 Å². The zero-order valence-corrected chi connectivity index (χ0v) is 14.0. The first-order chi connectivity index (χ1) is 11.3. The zero-order chi connectivity index (χ0) is 15.6. The summed E-state index contributed by atoms with van der Waals surface area (Å²) in [4.78, 5) is 7.60. The normalized spacial score (nSPS) is 20.9. The number of aryl methyl sites for hydroxylation is 1. The average molecular weight is 326 g/mol. The van der Waals surface area contributed by atoms with Crippen LogP contribution in [0.3, 0.4) is 0 Å². The van der Waals surface area contributed by atoms with Crippen molar-refractivity contribution in [1.29, 1.82) is 0 Å². The standard InChI is InChI=1S/C18H19N3OS/c1-13-6-8-14(9-7-13)18-19-17(22-20-18)12-21-10-2-4-15(21)16-5-3-11-23-16/h3,5-9,11,15H,2,4,10,12H2,1H3/p+1/t15-/m0/s1. The quantitative estimate of drug-likeness (QED) is 0.801. The second-order valence-electron chi connectivity index (χ2n) is 6.17. The summed E-state index contributed by atoms with van der Waals surface area (Å²) in [6, 6.07) is 13.2. The van der Waals surface area contributed by atoms with E-state index in [9.17, 15) is 0 Å². The molecule has 118 valence electrons. The highest BCUT2D eigenvalue weighted by Gasteiger charge is 2.32. The van der Waals surface area contributed by atoms with E-state index < -0.39 is 0 Å². The van der Waals surface area contributed by atoms with Gasteiger partial charge in [-0.1, -0.05) is 41.1 Å². The molecule has 0 aliphatic carbocycles. The van der Waals surface area contributed by atoms with Gasteiger partial charge in [-0.3, -0.25) is 0 Å². The lowest BCUT2D eigenvalue weighted by atomic mass is 10.1. The number of quaternary nitrogens is 1. The highest BCUT2D eigenvalue weighted by molar-refractivity contribution is 7.10. The third-order valence-electron chi connectivity index (χ3n) is 4.53. The Morgan fingerprint density at radius 3 is 2.91 bits per heavy atom. The van der Waals surface area contributed by atoms with Crippen LogP contribution in [0.2, 0.25) is 0 Å². The third-order valence-corrected chi connectivity index (χ3v) is 5.51. The SMILES string of the molecule is Cc1ccc(-c2noc(C[NH+]3CCC[C@H]3c3cccs3)n2)cc1. The molecule has 0 amide bonds. The maximum Gasteiger partial charge on any atom is 0.282 e. The number of thiophene rings is 1. The molecule has 2 atom stereocenters. The summed E-state index contributed by atoms with van der Waals surface area (Å²) >= 11 is 1.85. The second kappa shape index (κ2) is 6.26. The summed E-state index contributed by atoms with van der Waals surface area (Å²) in [6.45, 7) is 4.05. The van der Waals surface area contributed by atoms with Crippen LogP contribution in [-0.4, -0.2) is 16.7 Å². The summed E-state index contributed by atoms with van der Waals surface area (Å²) < 4.78 is 5.50. The minimum absolute atomic E-state index is 0.574. The van der Waals surface area contributed by atoms with Gasteiger partial charge in [0.25, 0.3) is 5.89 Å². The van der Waals surface area contributed by atoms with Crippen molar-refractivity contribution >= 4 is 11.3 Å². The molecule has 1 fully saturated rings. The molecule has 1 unspecified atom stereocenters. The van der Waals surface area contributed by atoms with Gasteiger partial charge in [0.05, 0.1) is 11.4 Å². The van der Waals surface area contributed by atoms with Gasteiger partial charge in [-0.25, -0.2) is 0 Å². The van der Waals surface area contributed by atoms with Crippen molar-refractivity contribution in [2.45, 2.75) is 32.4 Å². The van der Waals surface area contributed by atoms with E-state index in [1.807, 2.05) is 23.5 Å². The lowest BCUT2D eigenvalue weighted by Gasteiger charge is -2.18. The van der Waals surface area contributed by atoms with Gasteiger partial charge >= 0.3 is 0 Å². The number of nitrogens with zero attached hydrogens (tertiary/aromatic N) is 2. The van der Waals surface area contributed by atoms with Crippen LogP contribution in [0.5, 0.6) is 0 Å². The molecular formula is C18H20N3OS+. The number of nitrogens with one attached hydrogen (secondary N) is 1. The molecule has 4 nitrogen and oxygen atoms in total. The second-order valence-corrected chi connectivity index (χ2v) is 7.15. The first-order valence-corrected chi connectivity index (χ1v) is 8.95. The van der Waals surface area contributed by atoms with Crippen molar-refractivity contribution in [1.82, 2.24) is 10.1 Å². The van der Waals surface area contributed by atoms with Gasteiger partial charge in [0.1, 0.15) is 6.04 Å². The van der Waals surface area contributed by atoms with Crippen LogP contribution in [0.4, 0.5) is 0 Å². The molecule has 1 aromatic carbocycles. The lowest BCUT2D eigenvalue weighted by Crippen LogP contribution is -3.08. The van der Waals surface area contributed by atoms with Crippen LogP contribution < -0.4 is 4.90 Å².